The third kappa shape index (κ3) is 3.73. The lowest BCUT2D eigenvalue weighted by Crippen LogP contribution is -2.23. The Balaban J connectivity index is 1.29. The molecule has 156 valence electrons. The molecule has 9 nitrogen and oxygen atoms in total. The minimum atomic E-state index is -0.383. The average molecular weight is 418 g/mol. The fraction of sp³-hybridized carbons (Fsp3) is 0.182. The molecule has 3 heterocycles. The lowest BCUT2D eigenvalue weighted by molar-refractivity contribution is -0.116. The molecule has 0 fully saturated rings. The summed E-state index contributed by atoms with van der Waals surface area (Å²) < 4.78 is 17.6. The Morgan fingerprint density at radius 3 is 2.71 bits per heavy atom. The Morgan fingerprint density at radius 2 is 1.87 bits per heavy atom. The smallest absolute Gasteiger partial charge is 0.299 e. The normalized spacial score (nSPS) is 12.6. The van der Waals surface area contributed by atoms with E-state index in [0.717, 1.165) is 5.56 Å². The van der Waals surface area contributed by atoms with E-state index in [-0.39, 0.29) is 30.0 Å². The first-order chi connectivity index (χ1) is 15.2. The van der Waals surface area contributed by atoms with Crippen LogP contribution in [0.4, 0.5) is 5.69 Å². The van der Waals surface area contributed by atoms with Crippen LogP contribution in [0.5, 0.6) is 11.5 Å². The second kappa shape index (κ2) is 7.94. The minimum absolute atomic E-state index is 0.0635. The van der Waals surface area contributed by atoms with Crippen LogP contribution in [0.2, 0.25) is 0 Å². The molecule has 5 rings (SSSR count). The van der Waals surface area contributed by atoms with Gasteiger partial charge in [0.05, 0.1) is 6.33 Å². The van der Waals surface area contributed by atoms with Gasteiger partial charge in [-0.25, -0.2) is 4.98 Å². The number of carbonyl (C=O) groups excluding carboxylic acids is 1. The molecular weight excluding hydrogens is 400 g/mol. The van der Waals surface area contributed by atoms with Crippen molar-refractivity contribution in [1.82, 2.24) is 14.7 Å². The van der Waals surface area contributed by atoms with Gasteiger partial charge < -0.3 is 19.3 Å². The Hall–Kier alpha value is -4.14. The molecule has 2 aromatic carbocycles. The summed E-state index contributed by atoms with van der Waals surface area (Å²) in [6, 6.07) is 14.6. The molecular formula is C22H18N4O5. The molecule has 1 N–H and O–H groups in total. The van der Waals surface area contributed by atoms with E-state index in [2.05, 4.69) is 15.5 Å². The number of aryl methyl sites for hydroxylation is 1. The van der Waals surface area contributed by atoms with Gasteiger partial charge in [0.2, 0.25) is 5.91 Å². The van der Waals surface area contributed by atoms with Crippen molar-refractivity contribution in [2.45, 2.75) is 13.0 Å². The van der Waals surface area contributed by atoms with E-state index in [4.69, 9.17) is 14.0 Å². The van der Waals surface area contributed by atoms with Gasteiger partial charge in [-0.15, -0.1) is 0 Å². The van der Waals surface area contributed by atoms with Gasteiger partial charge in [0.15, 0.2) is 11.5 Å². The van der Waals surface area contributed by atoms with Crippen molar-refractivity contribution in [3.05, 3.63) is 65.2 Å². The van der Waals surface area contributed by atoms with Gasteiger partial charge >= 0.3 is 0 Å². The summed E-state index contributed by atoms with van der Waals surface area (Å²) in [5, 5.41) is 6.80. The zero-order valence-corrected chi connectivity index (χ0v) is 16.4. The van der Waals surface area contributed by atoms with Gasteiger partial charge in [-0.2, -0.15) is 0 Å². The van der Waals surface area contributed by atoms with Gasteiger partial charge in [-0.1, -0.05) is 35.5 Å². The number of amides is 1. The Morgan fingerprint density at radius 1 is 1.06 bits per heavy atom. The first kappa shape index (κ1) is 18.9. The lowest BCUT2D eigenvalue weighted by Gasteiger charge is -2.19. The molecule has 0 saturated heterocycles. The maximum atomic E-state index is 12.7. The number of rotatable bonds is 5. The van der Waals surface area contributed by atoms with Crippen molar-refractivity contribution >= 4 is 22.7 Å². The van der Waals surface area contributed by atoms with E-state index in [0.29, 0.717) is 41.6 Å². The minimum Gasteiger partial charge on any atom is -0.486 e. The molecule has 0 aliphatic carbocycles. The second-order valence-corrected chi connectivity index (χ2v) is 6.97. The average Bonchev–Trinajstić information content (AvgIpc) is 3.24. The monoisotopic (exact) mass is 418 g/mol. The number of fused-ring (bicyclic) bond motifs is 2. The molecule has 0 unspecified atom stereocenters. The van der Waals surface area contributed by atoms with E-state index in [1.165, 1.54) is 10.9 Å². The van der Waals surface area contributed by atoms with E-state index in [1.807, 2.05) is 30.3 Å². The number of anilines is 1. The van der Waals surface area contributed by atoms with Gasteiger partial charge in [0.1, 0.15) is 24.4 Å². The van der Waals surface area contributed by atoms with Gasteiger partial charge in [0.25, 0.3) is 11.1 Å². The number of hydrogen-bond donors (Lipinski definition) is 1. The number of hydrogen-bond acceptors (Lipinski definition) is 7. The number of nitrogens with one attached hydrogen (secondary N) is 1. The van der Waals surface area contributed by atoms with E-state index in [1.54, 1.807) is 18.2 Å². The van der Waals surface area contributed by atoms with Crippen molar-refractivity contribution in [1.29, 1.82) is 0 Å². The van der Waals surface area contributed by atoms with Gasteiger partial charge in [-0.3, -0.25) is 14.2 Å². The van der Waals surface area contributed by atoms with E-state index in [9.17, 15) is 9.59 Å². The van der Waals surface area contributed by atoms with Crippen molar-refractivity contribution in [2.24, 2.45) is 0 Å². The quantitative estimate of drug-likeness (QED) is 0.531. The molecule has 0 bridgehead atoms. The molecule has 31 heavy (non-hydrogen) atoms. The fourth-order valence-corrected chi connectivity index (χ4v) is 3.37. The van der Waals surface area contributed by atoms with Gasteiger partial charge in [-0.05, 0) is 12.1 Å². The third-order valence-corrected chi connectivity index (χ3v) is 4.90. The summed E-state index contributed by atoms with van der Waals surface area (Å²) in [4.78, 5) is 29.4. The summed E-state index contributed by atoms with van der Waals surface area (Å²) >= 11 is 0. The zero-order chi connectivity index (χ0) is 21.2. The highest BCUT2D eigenvalue weighted by atomic mass is 16.6. The molecule has 1 aliphatic heterocycles. The highest BCUT2D eigenvalue weighted by Crippen LogP contribution is 2.32. The number of nitrogens with zero attached hydrogens (tertiary/aromatic N) is 3. The Kier molecular flexibility index (Phi) is 4.83. The van der Waals surface area contributed by atoms with Crippen LogP contribution in [0.25, 0.3) is 22.4 Å². The summed E-state index contributed by atoms with van der Waals surface area (Å²) in [7, 11) is 0. The Labute approximate surface area is 176 Å². The number of ether oxygens (including phenoxy) is 2. The highest BCUT2D eigenvalue weighted by Gasteiger charge is 2.17. The molecule has 1 amide bonds. The topological polar surface area (TPSA) is 108 Å². The van der Waals surface area contributed by atoms with Crippen molar-refractivity contribution in [3.8, 4) is 22.8 Å². The summed E-state index contributed by atoms with van der Waals surface area (Å²) in [5.74, 6) is 0.998. The van der Waals surface area contributed by atoms with Crippen molar-refractivity contribution in [2.75, 3.05) is 18.5 Å². The van der Waals surface area contributed by atoms with Crippen LogP contribution in [-0.4, -0.2) is 33.8 Å². The van der Waals surface area contributed by atoms with E-state index < -0.39 is 0 Å². The predicted octanol–water partition coefficient (Wildman–Crippen LogP) is 2.85. The highest BCUT2D eigenvalue weighted by molar-refractivity contribution is 5.91. The van der Waals surface area contributed by atoms with Crippen LogP contribution in [0.3, 0.4) is 0 Å². The molecule has 0 atom stereocenters. The first-order valence-electron chi connectivity index (χ1n) is 9.79. The zero-order valence-electron chi connectivity index (χ0n) is 16.4. The van der Waals surface area contributed by atoms with Crippen LogP contribution < -0.4 is 20.3 Å². The van der Waals surface area contributed by atoms with Crippen LogP contribution in [0, 0.1) is 0 Å². The van der Waals surface area contributed by atoms with Crippen LogP contribution >= 0.6 is 0 Å². The largest absolute Gasteiger partial charge is 0.486 e. The van der Waals surface area contributed by atoms with Crippen molar-refractivity contribution < 1.29 is 18.8 Å². The maximum Gasteiger partial charge on any atom is 0.299 e. The molecule has 1 aliphatic rings. The van der Waals surface area contributed by atoms with Crippen molar-refractivity contribution in [3.63, 3.8) is 0 Å². The summed E-state index contributed by atoms with van der Waals surface area (Å²) in [6.07, 6.45) is 1.49. The van der Waals surface area contributed by atoms with Gasteiger partial charge in [0, 0.05) is 30.3 Å². The van der Waals surface area contributed by atoms with Crippen LogP contribution in [-0.2, 0) is 11.3 Å². The molecule has 4 aromatic rings. The number of benzene rings is 2. The second-order valence-electron chi connectivity index (χ2n) is 6.97. The van der Waals surface area contributed by atoms with E-state index >= 15 is 0 Å². The lowest BCUT2D eigenvalue weighted by atomic mass is 10.1. The SMILES string of the molecule is O=C(CCn1cnc2c(-c3ccccc3)noc2c1=O)Nc1ccc2c(c1)OCCO2. The maximum absolute atomic E-state index is 12.7. The molecule has 9 heteroatoms. The van der Waals surface area contributed by atoms with Crippen LogP contribution in [0.1, 0.15) is 6.42 Å². The third-order valence-electron chi connectivity index (χ3n) is 4.90. The summed E-state index contributed by atoms with van der Waals surface area (Å²) in [6.45, 7) is 1.12. The standard InChI is InChI=1S/C22H18N4O5/c27-18(24-15-6-7-16-17(12-15)30-11-10-29-16)8-9-26-13-23-20-19(14-4-2-1-3-5-14)25-31-21(20)22(26)28/h1-7,12-13H,8-11H2,(H,24,27). The predicted molar refractivity (Wildman–Crippen MR) is 112 cm³/mol. The van der Waals surface area contributed by atoms with Crippen LogP contribution in [0.15, 0.2) is 64.2 Å². The Bertz CT molecular complexity index is 1310. The number of aromatic nitrogens is 3. The molecule has 0 saturated carbocycles. The molecule has 0 spiro atoms. The number of carbonyl (C=O) groups is 1. The fourth-order valence-electron chi connectivity index (χ4n) is 3.37. The molecule has 0 radical (unpaired) electrons. The molecule has 2 aromatic heterocycles. The summed E-state index contributed by atoms with van der Waals surface area (Å²) in [5.41, 5.74) is 1.99. The first-order valence-corrected chi connectivity index (χ1v) is 9.79.